The Morgan fingerprint density at radius 1 is 1.32 bits per heavy atom. The van der Waals surface area contributed by atoms with Crippen LogP contribution in [0.2, 0.25) is 0 Å². The molecule has 0 saturated heterocycles. The van der Waals surface area contributed by atoms with Crippen LogP contribution in [0.4, 0.5) is 13.2 Å². The van der Waals surface area contributed by atoms with Crippen LogP contribution >= 0.6 is 12.2 Å². The molecule has 0 radical (unpaired) electrons. The average molecular weight is 285 g/mol. The zero-order valence-corrected chi connectivity index (χ0v) is 10.6. The Hall–Kier alpha value is -1.63. The van der Waals surface area contributed by atoms with Gasteiger partial charge in [-0.05, 0) is 31.0 Å². The highest BCUT2D eigenvalue weighted by Gasteiger charge is 2.31. The van der Waals surface area contributed by atoms with Crippen molar-refractivity contribution >= 4 is 12.2 Å². The fraction of sp³-hybridized carbons (Fsp3) is 0.333. The van der Waals surface area contributed by atoms with E-state index in [1.165, 1.54) is 10.7 Å². The fourth-order valence-corrected chi connectivity index (χ4v) is 2.14. The molecule has 0 atom stereocenters. The van der Waals surface area contributed by atoms with Crippen molar-refractivity contribution in [3.05, 3.63) is 40.3 Å². The van der Waals surface area contributed by atoms with E-state index in [1.54, 1.807) is 0 Å². The van der Waals surface area contributed by atoms with Crippen molar-refractivity contribution in [2.24, 2.45) is 0 Å². The van der Waals surface area contributed by atoms with Gasteiger partial charge in [-0.15, -0.1) is 0 Å². The van der Waals surface area contributed by atoms with Gasteiger partial charge in [0.05, 0.1) is 5.56 Å². The van der Waals surface area contributed by atoms with Crippen molar-refractivity contribution in [1.82, 2.24) is 14.8 Å². The van der Waals surface area contributed by atoms with Gasteiger partial charge in [0, 0.05) is 17.8 Å². The molecule has 1 N–H and O–H groups in total. The van der Waals surface area contributed by atoms with Crippen molar-refractivity contribution in [3.8, 4) is 5.82 Å². The summed E-state index contributed by atoms with van der Waals surface area (Å²) >= 11 is 5.18. The van der Waals surface area contributed by atoms with Crippen LogP contribution in [-0.2, 0) is 6.18 Å². The lowest BCUT2D eigenvalue weighted by Gasteiger charge is -2.07. The van der Waals surface area contributed by atoms with Crippen LogP contribution < -0.4 is 0 Å². The molecule has 7 heteroatoms. The van der Waals surface area contributed by atoms with Crippen LogP contribution in [0.15, 0.2) is 24.4 Å². The van der Waals surface area contributed by atoms with E-state index in [0.29, 0.717) is 16.4 Å². The lowest BCUT2D eigenvalue weighted by Crippen LogP contribution is -2.07. The van der Waals surface area contributed by atoms with E-state index in [1.807, 2.05) is 6.07 Å². The van der Waals surface area contributed by atoms with Crippen LogP contribution in [0.25, 0.3) is 5.82 Å². The van der Waals surface area contributed by atoms with Gasteiger partial charge < -0.3 is 0 Å². The first-order valence-corrected chi connectivity index (χ1v) is 6.21. The molecule has 0 amide bonds. The topological polar surface area (TPSA) is 33.6 Å². The molecule has 2 aromatic rings. The summed E-state index contributed by atoms with van der Waals surface area (Å²) in [6, 6.07) is 4.15. The maximum Gasteiger partial charge on any atom is 0.417 e. The highest BCUT2D eigenvalue weighted by Crippen LogP contribution is 2.39. The first-order valence-electron chi connectivity index (χ1n) is 5.81. The zero-order valence-electron chi connectivity index (χ0n) is 9.74. The van der Waals surface area contributed by atoms with Crippen LogP contribution in [0, 0.1) is 4.64 Å². The van der Waals surface area contributed by atoms with Gasteiger partial charge >= 0.3 is 6.18 Å². The van der Waals surface area contributed by atoms with Crippen LogP contribution in [0.1, 0.15) is 30.0 Å². The first kappa shape index (κ1) is 12.4. The molecule has 2 heterocycles. The number of hydrogen-bond acceptors (Lipinski definition) is 2. The number of pyridine rings is 1. The maximum atomic E-state index is 12.4. The van der Waals surface area contributed by atoms with Gasteiger partial charge in [-0.1, -0.05) is 12.2 Å². The summed E-state index contributed by atoms with van der Waals surface area (Å²) in [5, 5.41) is 3.09. The highest BCUT2D eigenvalue weighted by molar-refractivity contribution is 7.71. The SMILES string of the molecule is FC(F)(F)c1ccc(-n2[nH]c(C3CC3)cc2=S)nc1. The van der Waals surface area contributed by atoms with Gasteiger partial charge in [-0.2, -0.15) is 13.2 Å². The van der Waals surface area contributed by atoms with Crippen molar-refractivity contribution in [2.75, 3.05) is 0 Å². The molecule has 0 aliphatic heterocycles. The predicted octanol–water partition coefficient (Wildman–Crippen LogP) is 3.83. The van der Waals surface area contributed by atoms with E-state index >= 15 is 0 Å². The molecule has 1 aliphatic carbocycles. The van der Waals surface area contributed by atoms with Gasteiger partial charge in [0.25, 0.3) is 0 Å². The Labute approximate surface area is 112 Å². The third kappa shape index (κ3) is 2.42. The Morgan fingerprint density at radius 2 is 2.05 bits per heavy atom. The first-order chi connectivity index (χ1) is 8.95. The number of nitrogens with zero attached hydrogens (tertiary/aromatic N) is 2. The quantitative estimate of drug-likeness (QED) is 0.851. The smallest absolute Gasteiger partial charge is 0.295 e. The van der Waals surface area contributed by atoms with Crippen molar-refractivity contribution in [2.45, 2.75) is 24.9 Å². The van der Waals surface area contributed by atoms with Crippen molar-refractivity contribution < 1.29 is 13.2 Å². The third-order valence-electron chi connectivity index (χ3n) is 3.06. The van der Waals surface area contributed by atoms with E-state index in [0.717, 1.165) is 30.8 Å². The van der Waals surface area contributed by atoms with Gasteiger partial charge in [0.2, 0.25) is 0 Å². The summed E-state index contributed by atoms with van der Waals surface area (Å²) in [6.45, 7) is 0. The summed E-state index contributed by atoms with van der Waals surface area (Å²) in [5.41, 5.74) is 0.253. The molecule has 1 aliphatic rings. The summed E-state index contributed by atoms with van der Waals surface area (Å²) in [5.74, 6) is 0.863. The lowest BCUT2D eigenvalue weighted by atomic mass is 10.3. The molecular formula is C12H10F3N3S. The second-order valence-corrected chi connectivity index (χ2v) is 4.98. The van der Waals surface area contributed by atoms with Crippen molar-refractivity contribution in [1.29, 1.82) is 0 Å². The molecule has 100 valence electrons. The number of hydrogen-bond donors (Lipinski definition) is 1. The summed E-state index contributed by atoms with van der Waals surface area (Å²) in [6.07, 6.45) is -1.32. The largest absolute Gasteiger partial charge is 0.417 e. The van der Waals surface area contributed by atoms with E-state index in [4.69, 9.17) is 12.2 Å². The molecule has 19 heavy (non-hydrogen) atoms. The second-order valence-electron chi connectivity index (χ2n) is 4.56. The summed E-state index contributed by atoms with van der Waals surface area (Å²) in [7, 11) is 0. The monoisotopic (exact) mass is 285 g/mol. The molecule has 0 spiro atoms. The lowest BCUT2D eigenvalue weighted by molar-refractivity contribution is -0.137. The van der Waals surface area contributed by atoms with Crippen LogP contribution in [0.5, 0.6) is 0 Å². The Kier molecular flexibility index (Phi) is 2.74. The number of alkyl halides is 3. The standard InChI is InChI=1S/C12H10F3N3S/c13-12(14,15)8-3-4-10(16-6-8)18-11(19)5-9(17-18)7-1-2-7/h3-7,17H,1-2H2. The molecule has 0 aromatic carbocycles. The van der Waals surface area contributed by atoms with Crippen LogP contribution in [-0.4, -0.2) is 14.8 Å². The Morgan fingerprint density at radius 3 is 2.58 bits per heavy atom. The Balaban J connectivity index is 1.96. The van der Waals surface area contributed by atoms with E-state index in [2.05, 4.69) is 10.1 Å². The number of rotatable bonds is 2. The molecule has 2 aromatic heterocycles. The maximum absolute atomic E-state index is 12.4. The molecular weight excluding hydrogens is 275 g/mol. The highest BCUT2D eigenvalue weighted by atomic mass is 32.1. The minimum Gasteiger partial charge on any atom is -0.295 e. The van der Waals surface area contributed by atoms with Gasteiger partial charge in [-0.3, -0.25) is 5.10 Å². The normalized spacial score (nSPS) is 15.7. The van der Waals surface area contributed by atoms with Crippen LogP contribution in [0.3, 0.4) is 0 Å². The number of aromatic nitrogens is 3. The molecule has 1 saturated carbocycles. The van der Waals surface area contributed by atoms with E-state index in [-0.39, 0.29) is 0 Å². The molecule has 0 bridgehead atoms. The van der Waals surface area contributed by atoms with E-state index in [9.17, 15) is 13.2 Å². The van der Waals surface area contributed by atoms with E-state index < -0.39 is 11.7 Å². The number of nitrogens with one attached hydrogen (secondary N) is 1. The zero-order chi connectivity index (χ0) is 13.6. The average Bonchev–Trinajstić information content (AvgIpc) is 3.12. The van der Waals surface area contributed by atoms with Crippen molar-refractivity contribution in [3.63, 3.8) is 0 Å². The number of H-pyrrole nitrogens is 1. The molecule has 0 unspecified atom stereocenters. The third-order valence-corrected chi connectivity index (χ3v) is 3.36. The summed E-state index contributed by atoms with van der Waals surface area (Å²) < 4.78 is 39.4. The van der Waals surface area contributed by atoms with Gasteiger partial charge in [0.1, 0.15) is 4.64 Å². The van der Waals surface area contributed by atoms with Gasteiger partial charge in [0.15, 0.2) is 5.82 Å². The molecule has 3 nitrogen and oxygen atoms in total. The number of halogens is 3. The minimum absolute atomic E-state index is 0.366. The minimum atomic E-state index is -4.37. The Bertz CT molecular complexity index is 650. The summed E-state index contributed by atoms with van der Waals surface area (Å²) in [4.78, 5) is 3.81. The molecule has 3 rings (SSSR count). The van der Waals surface area contributed by atoms with Gasteiger partial charge in [-0.25, -0.2) is 9.67 Å². The predicted molar refractivity (Wildman–Crippen MR) is 65.7 cm³/mol. The number of aromatic amines is 1. The molecule has 1 fully saturated rings. The second kappa shape index (κ2) is 4.19. The fourth-order valence-electron chi connectivity index (χ4n) is 1.87.